The fourth-order valence-corrected chi connectivity index (χ4v) is 3.14. The predicted molar refractivity (Wildman–Crippen MR) is 66.6 cm³/mol. The van der Waals surface area contributed by atoms with E-state index in [0.29, 0.717) is 0 Å². The Morgan fingerprint density at radius 3 is 1.81 bits per heavy atom. The molecule has 2 aromatic rings. The van der Waals surface area contributed by atoms with Gasteiger partial charge in [0.2, 0.25) is 0 Å². The lowest BCUT2D eigenvalue weighted by atomic mass is 10.3. The zero-order chi connectivity index (χ0) is 10.8. The van der Waals surface area contributed by atoms with E-state index in [1.165, 1.54) is 0 Å². The summed E-state index contributed by atoms with van der Waals surface area (Å²) in [5.74, 6) is 1.78. The Bertz CT molecular complexity index is 470. The van der Waals surface area contributed by atoms with E-state index in [4.69, 9.17) is 9.05 Å². The Labute approximate surface area is 99.9 Å². The van der Waals surface area contributed by atoms with Gasteiger partial charge in [-0.3, -0.25) is 0 Å². The summed E-state index contributed by atoms with van der Waals surface area (Å²) in [5, 5.41) is 0. The van der Waals surface area contributed by atoms with Crippen LogP contribution in [0.3, 0.4) is 0 Å². The van der Waals surface area contributed by atoms with E-state index in [9.17, 15) is 0 Å². The molecule has 16 heavy (non-hydrogen) atoms. The quantitative estimate of drug-likeness (QED) is 0.653. The van der Waals surface area contributed by atoms with Crippen LogP contribution in [0.15, 0.2) is 58.3 Å². The Balaban J connectivity index is 2.06. The summed E-state index contributed by atoms with van der Waals surface area (Å²) in [6.07, 6.45) is 0. The molecule has 0 atom stereocenters. The molecule has 0 bridgehead atoms. The molecule has 0 unspecified atom stereocenters. The zero-order valence-corrected chi connectivity index (χ0v) is 10.2. The van der Waals surface area contributed by atoms with Crippen LogP contribution < -0.4 is 9.05 Å². The summed E-state index contributed by atoms with van der Waals surface area (Å²) >= 11 is 1.67. The summed E-state index contributed by atoms with van der Waals surface area (Å²) in [7, 11) is 0.0110. The van der Waals surface area contributed by atoms with E-state index in [1.807, 2.05) is 36.4 Å². The highest BCUT2D eigenvalue weighted by Crippen LogP contribution is 2.44. The molecule has 0 spiro atoms. The van der Waals surface area contributed by atoms with Gasteiger partial charge >= 0.3 is 0 Å². The van der Waals surface area contributed by atoms with Gasteiger partial charge in [0.25, 0.3) is 9.03 Å². The van der Waals surface area contributed by atoms with Crippen molar-refractivity contribution in [1.29, 1.82) is 0 Å². The first kappa shape index (κ1) is 10.0. The van der Waals surface area contributed by atoms with E-state index in [1.54, 1.807) is 11.8 Å². The minimum Gasteiger partial charge on any atom is -0.439 e. The molecular weight excluding hydrogens is 239 g/mol. The van der Waals surface area contributed by atoms with Crippen molar-refractivity contribution >= 4 is 20.8 Å². The van der Waals surface area contributed by atoms with Crippen molar-refractivity contribution in [2.24, 2.45) is 0 Å². The Morgan fingerprint density at radius 2 is 1.25 bits per heavy atom. The summed E-state index contributed by atoms with van der Waals surface area (Å²) in [5.41, 5.74) is 0. The Morgan fingerprint density at radius 1 is 0.750 bits per heavy atom. The zero-order valence-electron chi connectivity index (χ0n) is 8.34. The first-order valence-electron chi connectivity index (χ1n) is 4.88. The third-order valence-corrected chi connectivity index (χ3v) is 3.94. The standard InChI is InChI=1S/C12H9O2PS/c1-3-7-11-9(5-1)13-15-14-10-6-2-4-8-12(10)16-11/h1-8,15H. The van der Waals surface area contributed by atoms with Crippen molar-refractivity contribution in [2.75, 3.05) is 0 Å². The number of hydrogen-bond donors (Lipinski definition) is 0. The predicted octanol–water partition coefficient (Wildman–Crippen LogP) is 4.12. The Kier molecular flexibility index (Phi) is 2.73. The van der Waals surface area contributed by atoms with Gasteiger partial charge in [-0.2, -0.15) is 0 Å². The van der Waals surface area contributed by atoms with Crippen LogP contribution in [0, 0.1) is 0 Å². The third-order valence-electron chi connectivity index (χ3n) is 2.22. The lowest BCUT2D eigenvalue weighted by Crippen LogP contribution is -1.92. The molecule has 0 amide bonds. The van der Waals surface area contributed by atoms with Crippen molar-refractivity contribution in [2.45, 2.75) is 9.79 Å². The third kappa shape index (κ3) is 1.89. The van der Waals surface area contributed by atoms with E-state index < -0.39 is 0 Å². The maximum absolute atomic E-state index is 5.57. The molecule has 0 saturated heterocycles. The molecule has 1 aliphatic heterocycles. The van der Waals surface area contributed by atoms with Crippen molar-refractivity contribution in [1.82, 2.24) is 0 Å². The molecule has 2 aromatic carbocycles. The van der Waals surface area contributed by atoms with Crippen molar-refractivity contribution in [3.63, 3.8) is 0 Å². The number of para-hydroxylation sites is 2. The highest BCUT2D eigenvalue weighted by Gasteiger charge is 2.13. The molecule has 0 fully saturated rings. The average molecular weight is 248 g/mol. The largest absolute Gasteiger partial charge is 0.439 e. The summed E-state index contributed by atoms with van der Waals surface area (Å²) < 4.78 is 11.1. The van der Waals surface area contributed by atoms with Crippen molar-refractivity contribution in [3.8, 4) is 11.5 Å². The van der Waals surface area contributed by atoms with Gasteiger partial charge in [0.15, 0.2) is 0 Å². The smallest absolute Gasteiger partial charge is 0.275 e. The number of hydrogen-bond acceptors (Lipinski definition) is 3. The fourth-order valence-electron chi connectivity index (χ4n) is 1.47. The highest BCUT2D eigenvalue weighted by molar-refractivity contribution is 7.99. The SMILES string of the molecule is c1ccc2c(c1)OPOc1ccccc1S2. The van der Waals surface area contributed by atoms with Crippen LogP contribution in [0.1, 0.15) is 0 Å². The molecule has 0 radical (unpaired) electrons. The van der Waals surface area contributed by atoms with Crippen LogP contribution in [-0.4, -0.2) is 0 Å². The fraction of sp³-hybridized carbons (Fsp3) is 0. The van der Waals surface area contributed by atoms with Gasteiger partial charge < -0.3 is 9.05 Å². The van der Waals surface area contributed by atoms with Gasteiger partial charge in [-0.25, -0.2) is 0 Å². The molecule has 2 nitrogen and oxygen atoms in total. The van der Waals surface area contributed by atoms with Crippen LogP contribution in [0.2, 0.25) is 0 Å². The van der Waals surface area contributed by atoms with Gasteiger partial charge in [0, 0.05) is 0 Å². The highest BCUT2D eigenvalue weighted by atomic mass is 32.2. The number of benzene rings is 2. The monoisotopic (exact) mass is 248 g/mol. The van der Waals surface area contributed by atoms with Crippen LogP contribution in [0.5, 0.6) is 11.5 Å². The van der Waals surface area contributed by atoms with Crippen molar-refractivity contribution in [3.05, 3.63) is 48.5 Å². The van der Waals surface area contributed by atoms with Crippen LogP contribution in [-0.2, 0) is 0 Å². The second-order valence-electron chi connectivity index (χ2n) is 3.28. The van der Waals surface area contributed by atoms with Crippen molar-refractivity contribution < 1.29 is 9.05 Å². The second-order valence-corrected chi connectivity index (χ2v) is 4.94. The summed E-state index contributed by atoms with van der Waals surface area (Å²) in [4.78, 5) is 2.26. The van der Waals surface area contributed by atoms with Gasteiger partial charge in [0.1, 0.15) is 11.5 Å². The molecule has 0 N–H and O–H groups in total. The van der Waals surface area contributed by atoms with Gasteiger partial charge in [0.05, 0.1) is 9.79 Å². The molecule has 1 aliphatic rings. The second kappa shape index (κ2) is 4.36. The molecule has 3 rings (SSSR count). The lowest BCUT2D eigenvalue weighted by Gasteiger charge is -2.16. The molecule has 4 heteroatoms. The Hall–Kier alpha value is -1.18. The first-order chi connectivity index (χ1) is 7.93. The van der Waals surface area contributed by atoms with Gasteiger partial charge in [-0.1, -0.05) is 36.0 Å². The lowest BCUT2D eigenvalue weighted by molar-refractivity contribution is 0.499. The minimum atomic E-state index is 0.0110. The maximum atomic E-state index is 5.57. The molecule has 0 saturated carbocycles. The first-order valence-corrected chi connectivity index (χ1v) is 6.51. The van der Waals surface area contributed by atoms with Crippen LogP contribution >= 0.6 is 20.8 Å². The summed E-state index contributed by atoms with van der Waals surface area (Å²) in [6, 6.07) is 16.0. The van der Waals surface area contributed by atoms with Crippen LogP contribution in [0.4, 0.5) is 0 Å². The molecule has 0 aliphatic carbocycles. The number of rotatable bonds is 0. The van der Waals surface area contributed by atoms with Gasteiger partial charge in [-0.05, 0) is 24.3 Å². The molecule has 80 valence electrons. The normalized spacial score (nSPS) is 13.5. The van der Waals surface area contributed by atoms with E-state index in [-0.39, 0.29) is 9.03 Å². The van der Waals surface area contributed by atoms with E-state index in [0.717, 1.165) is 21.3 Å². The van der Waals surface area contributed by atoms with E-state index >= 15 is 0 Å². The molecular formula is C12H9O2PS. The maximum Gasteiger partial charge on any atom is 0.275 e. The molecule has 0 aromatic heterocycles. The minimum absolute atomic E-state index is 0.0110. The van der Waals surface area contributed by atoms with E-state index in [2.05, 4.69) is 12.1 Å². The van der Waals surface area contributed by atoms with Gasteiger partial charge in [-0.15, -0.1) is 0 Å². The average Bonchev–Trinajstić information content (AvgIpc) is 2.29. The molecule has 1 heterocycles. The summed E-state index contributed by atoms with van der Waals surface area (Å²) in [6.45, 7) is 0. The number of fused-ring (bicyclic) bond motifs is 2. The van der Waals surface area contributed by atoms with Crippen LogP contribution in [0.25, 0.3) is 0 Å². The topological polar surface area (TPSA) is 18.5 Å².